The summed E-state index contributed by atoms with van der Waals surface area (Å²) in [4.78, 5) is 58.7. The second-order valence-electron chi connectivity index (χ2n) is 12.6. The Balaban J connectivity index is 1.47. The molecule has 0 fully saturated rings. The zero-order valence-corrected chi connectivity index (χ0v) is 29.6. The summed E-state index contributed by atoms with van der Waals surface area (Å²) in [6.45, 7) is 5.81. The molecular weight excluding hydrogens is 677 g/mol. The lowest BCUT2D eigenvalue weighted by atomic mass is 10.0. The van der Waals surface area contributed by atoms with Crippen molar-refractivity contribution in [1.82, 2.24) is 41.2 Å². The van der Waals surface area contributed by atoms with Crippen LogP contribution in [0.3, 0.4) is 0 Å². The predicted octanol–water partition coefficient (Wildman–Crippen LogP) is 2.18. The second-order valence-corrected chi connectivity index (χ2v) is 13.5. The lowest BCUT2D eigenvalue weighted by molar-refractivity contribution is -0.131. The third-order valence-electron chi connectivity index (χ3n) is 8.07. The van der Waals surface area contributed by atoms with Crippen LogP contribution in [-0.2, 0) is 29.1 Å². The number of methoxy groups -OCH3 is 1. The molecule has 270 valence electrons. The topological polar surface area (TPSA) is 199 Å². The number of benzene rings is 2. The molecule has 2 aromatic carbocycles. The number of aromatic nitrogens is 4. The van der Waals surface area contributed by atoms with E-state index in [1.807, 2.05) is 44.2 Å². The Hall–Kier alpha value is -5.35. The molecular formula is C35H42N8O7S. The second kappa shape index (κ2) is 17.0. The van der Waals surface area contributed by atoms with E-state index in [9.17, 15) is 24.3 Å². The lowest BCUT2D eigenvalue weighted by Gasteiger charge is -2.24. The number of amides is 4. The first-order chi connectivity index (χ1) is 24.5. The van der Waals surface area contributed by atoms with E-state index in [0.717, 1.165) is 5.56 Å². The number of thiazole rings is 1. The van der Waals surface area contributed by atoms with Crippen LogP contribution in [0.15, 0.2) is 60.1 Å². The summed E-state index contributed by atoms with van der Waals surface area (Å²) in [6, 6.07) is 11.0. The first-order valence-electron chi connectivity index (χ1n) is 16.6. The van der Waals surface area contributed by atoms with Gasteiger partial charge in [-0.05, 0) is 37.0 Å². The lowest BCUT2D eigenvalue weighted by Crippen LogP contribution is -2.57. The number of nitrogens with zero attached hydrogens (tertiary/aromatic N) is 4. The van der Waals surface area contributed by atoms with Gasteiger partial charge in [-0.25, -0.2) is 9.67 Å². The molecule has 15 nitrogen and oxygen atoms in total. The van der Waals surface area contributed by atoms with Crippen LogP contribution in [0.25, 0.3) is 0 Å². The van der Waals surface area contributed by atoms with E-state index in [1.54, 1.807) is 29.1 Å². The van der Waals surface area contributed by atoms with Crippen molar-refractivity contribution in [3.05, 3.63) is 87.6 Å². The predicted molar refractivity (Wildman–Crippen MR) is 187 cm³/mol. The maximum Gasteiger partial charge on any atom is 0.271 e. The van der Waals surface area contributed by atoms with Crippen molar-refractivity contribution in [2.75, 3.05) is 13.7 Å². The highest BCUT2D eigenvalue weighted by molar-refractivity contribution is 7.09. The van der Waals surface area contributed by atoms with Gasteiger partial charge in [0, 0.05) is 17.9 Å². The number of hydrogen-bond acceptors (Lipinski definition) is 11. The molecule has 2 aromatic heterocycles. The summed E-state index contributed by atoms with van der Waals surface area (Å²) in [5.41, 5.74) is 1.53. The Kier molecular flexibility index (Phi) is 12.3. The highest BCUT2D eigenvalue weighted by Gasteiger charge is 2.32. The van der Waals surface area contributed by atoms with Gasteiger partial charge in [-0.3, -0.25) is 19.2 Å². The van der Waals surface area contributed by atoms with Crippen molar-refractivity contribution in [1.29, 1.82) is 0 Å². The van der Waals surface area contributed by atoms with Crippen LogP contribution in [0.5, 0.6) is 11.5 Å². The number of hydrogen-bond donors (Lipinski definition) is 5. The van der Waals surface area contributed by atoms with Crippen LogP contribution in [0.2, 0.25) is 0 Å². The fourth-order valence-corrected chi connectivity index (χ4v) is 6.30. The molecule has 0 radical (unpaired) electrons. The summed E-state index contributed by atoms with van der Waals surface area (Å²) in [5, 5.41) is 32.0. The van der Waals surface area contributed by atoms with Gasteiger partial charge in [0.25, 0.3) is 11.8 Å². The van der Waals surface area contributed by atoms with Gasteiger partial charge in [-0.15, -0.1) is 16.4 Å². The maximum absolute atomic E-state index is 13.7. The zero-order chi connectivity index (χ0) is 36.5. The third-order valence-corrected chi connectivity index (χ3v) is 9.03. The molecule has 0 saturated carbocycles. The zero-order valence-electron chi connectivity index (χ0n) is 28.8. The molecule has 0 saturated heterocycles. The number of aliphatic hydroxyl groups excluding tert-OH is 1. The number of rotatable bonds is 6. The number of nitrogens with one attached hydrogen (secondary N) is 4. The molecule has 4 aromatic rings. The quantitative estimate of drug-likeness (QED) is 0.197. The molecule has 0 unspecified atom stereocenters. The van der Waals surface area contributed by atoms with Crippen molar-refractivity contribution < 1.29 is 33.8 Å². The standard InChI is InChI=1S/C35H42N8O7S/c1-20(2)14-27-35-39-28(19-51-35)33(47)40-30(21(3)44)34(48)37-26(15-22-8-6-5-7-9-22)32(46)36-17-23-18-43(42-41-23)12-13-50-29-16-24(49-4)10-11-25(29)31(45)38-27/h5-11,16,18-21,26-27,30,44H,12-15,17H2,1-4H3,(H,36,46)(H,37,48)(H,38,45)(H,40,47)/t21-,26-,27+,30+/m1/s1. The van der Waals surface area contributed by atoms with Crippen LogP contribution in [-0.4, -0.2) is 80.6 Å². The smallest absolute Gasteiger partial charge is 0.271 e. The summed E-state index contributed by atoms with van der Waals surface area (Å²) in [7, 11) is 1.52. The van der Waals surface area contributed by atoms with E-state index in [4.69, 9.17) is 9.47 Å². The van der Waals surface area contributed by atoms with Gasteiger partial charge < -0.3 is 35.8 Å². The van der Waals surface area contributed by atoms with Crippen molar-refractivity contribution >= 4 is 35.0 Å². The number of ether oxygens (including phenoxy) is 2. The first-order valence-corrected chi connectivity index (χ1v) is 17.5. The first kappa shape index (κ1) is 36.9. The van der Waals surface area contributed by atoms with Gasteiger partial charge in [0.15, 0.2) is 0 Å². The molecule has 51 heavy (non-hydrogen) atoms. The highest BCUT2D eigenvalue weighted by Crippen LogP contribution is 2.29. The minimum atomic E-state index is -1.41. The minimum Gasteiger partial charge on any atom is -0.497 e. The van der Waals surface area contributed by atoms with Crippen molar-refractivity contribution in [2.45, 2.75) is 70.9 Å². The number of carbonyl (C=O) groups excluding carboxylic acids is 4. The fraction of sp³-hybridized carbons (Fsp3) is 0.400. The molecule has 16 heteroatoms. The SMILES string of the molecule is COc1ccc2c(c1)OCCn1cc(nn1)CNC(=O)[C@@H](Cc1ccccc1)NC(=O)[C@H]([C@@H](C)O)NC(=O)c1csc(n1)[C@H](CC(C)C)NC2=O. The Bertz CT molecular complexity index is 1830. The van der Waals surface area contributed by atoms with Crippen LogP contribution in [0.1, 0.15) is 70.3 Å². The molecule has 0 spiro atoms. The Morgan fingerprint density at radius 2 is 1.78 bits per heavy atom. The molecule has 5 N–H and O–H groups in total. The van der Waals surface area contributed by atoms with E-state index in [2.05, 4.69) is 36.6 Å². The normalized spacial score (nSPS) is 19.8. The largest absolute Gasteiger partial charge is 0.497 e. The van der Waals surface area contributed by atoms with Crippen molar-refractivity contribution in [3.63, 3.8) is 0 Å². The average Bonchev–Trinajstić information content (AvgIpc) is 3.79. The third kappa shape index (κ3) is 9.88. The van der Waals surface area contributed by atoms with Crippen LogP contribution in [0.4, 0.5) is 0 Å². The molecule has 1 aliphatic heterocycles. The number of carbonyl (C=O) groups is 4. The van der Waals surface area contributed by atoms with Gasteiger partial charge in [-0.1, -0.05) is 49.4 Å². The average molecular weight is 719 g/mol. The molecule has 5 rings (SSSR count). The van der Waals surface area contributed by atoms with Crippen molar-refractivity contribution in [3.8, 4) is 11.5 Å². The molecule has 4 bridgehead atoms. The molecule has 4 amide bonds. The number of fused-ring (bicyclic) bond motifs is 5. The monoisotopic (exact) mass is 718 g/mol. The van der Waals surface area contributed by atoms with Crippen LogP contribution < -0.4 is 30.7 Å². The van der Waals surface area contributed by atoms with Crippen molar-refractivity contribution in [2.24, 2.45) is 5.92 Å². The fourth-order valence-electron chi connectivity index (χ4n) is 5.44. The van der Waals surface area contributed by atoms with Gasteiger partial charge in [-0.2, -0.15) is 0 Å². The molecule has 4 atom stereocenters. The Morgan fingerprint density at radius 1 is 1.00 bits per heavy atom. The summed E-state index contributed by atoms with van der Waals surface area (Å²) in [5.74, 6) is -1.41. The molecule has 0 aliphatic carbocycles. The van der Waals surface area contributed by atoms with E-state index in [1.165, 1.54) is 30.8 Å². The minimum absolute atomic E-state index is 0.00869. The van der Waals surface area contributed by atoms with E-state index >= 15 is 0 Å². The highest BCUT2D eigenvalue weighted by atomic mass is 32.1. The van der Waals surface area contributed by atoms with Gasteiger partial charge in [0.1, 0.15) is 46.6 Å². The van der Waals surface area contributed by atoms with Gasteiger partial charge in [0.05, 0.1) is 44.1 Å². The van der Waals surface area contributed by atoms with E-state index in [0.29, 0.717) is 28.6 Å². The van der Waals surface area contributed by atoms with E-state index in [-0.39, 0.29) is 43.3 Å². The van der Waals surface area contributed by atoms with Crippen LogP contribution >= 0.6 is 11.3 Å². The Morgan fingerprint density at radius 3 is 2.51 bits per heavy atom. The summed E-state index contributed by atoms with van der Waals surface area (Å²) < 4.78 is 13.0. The van der Waals surface area contributed by atoms with E-state index < -0.39 is 47.9 Å². The molecule has 3 heterocycles. The summed E-state index contributed by atoms with van der Waals surface area (Å²) >= 11 is 1.19. The van der Waals surface area contributed by atoms with Gasteiger partial charge in [0.2, 0.25) is 11.8 Å². The number of aliphatic hydroxyl groups is 1. The molecule has 1 aliphatic rings. The van der Waals surface area contributed by atoms with Crippen LogP contribution in [0, 0.1) is 5.92 Å². The Labute approximate surface area is 299 Å². The summed E-state index contributed by atoms with van der Waals surface area (Å²) in [6.07, 6.45) is 1.00. The van der Waals surface area contributed by atoms with Gasteiger partial charge >= 0.3 is 0 Å². The maximum atomic E-state index is 13.7.